The zero-order chi connectivity index (χ0) is 23.4. The predicted octanol–water partition coefficient (Wildman–Crippen LogP) is 4.05. The van der Waals surface area contributed by atoms with Crippen LogP contribution >= 0.6 is 0 Å². The van der Waals surface area contributed by atoms with Crippen LogP contribution in [0, 0.1) is 5.82 Å². The number of hydrogen-bond donors (Lipinski definition) is 0. The molecule has 4 aromatic rings. The molecule has 0 radical (unpaired) electrons. The molecule has 1 saturated heterocycles. The highest BCUT2D eigenvalue weighted by molar-refractivity contribution is 5.86. The fourth-order valence-electron chi connectivity index (χ4n) is 5.43. The molecule has 1 saturated carbocycles. The molecule has 1 aromatic carbocycles. The van der Waals surface area contributed by atoms with Crippen molar-refractivity contribution in [1.82, 2.24) is 28.7 Å². The Morgan fingerprint density at radius 3 is 2.56 bits per heavy atom. The van der Waals surface area contributed by atoms with E-state index in [0.29, 0.717) is 59.9 Å². The van der Waals surface area contributed by atoms with Crippen molar-refractivity contribution in [2.24, 2.45) is 7.05 Å². The Morgan fingerprint density at radius 2 is 1.79 bits per heavy atom. The van der Waals surface area contributed by atoms with Crippen LogP contribution < -0.4 is 10.6 Å². The molecule has 10 heteroatoms. The Labute approximate surface area is 194 Å². The Kier molecular flexibility index (Phi) is 5.11. The van der Waals surface area contributed by atoms with Gasteiger partial charge in [-0.15, -0.1) is 0 Å². The van der Waals surface area contributed by atoms with Crippen molar-refractivity contribution in [3.05, 3.63) is 40.8 Å². The zero-order valence-electron chi connectivity index (χ0n) is 19.1. The van der Waals surface area contributed by atoms with Gasteiger partial charge >= 0.3 is 5.69 Å². The van der Waals surface area contributed by atoms with E-state index in [2.05, 4.69) is 4.98 Å². The molecule has 4 heterocycles. The Morgan fingerprint density at radius 1 is 1.03 bits per heavy atom. The fourth-order valence-corrected chi connectivity index (χ4v) is 5.43. The molecule has 1 aliphatic carbocycles. The first-order chi connectivity index (χ1) is 16.5. The Bertz CT molecular complexity index is 1420. The van der Waals surface area contributed by atoms with Gasteiger partial charge in [-0.25, -0.2) is 18.6 Å². The summed E-state index contributed by atoms with van der Waals surface area (Å²) in [5.41, 5.74) is 2.29. The van der Waals surface area contributed by atoms with E-state index in [-0.39, 0.29) is 17.5 Å². The van der Waals surface area contributed by atoms with E-state index in [0.717, 1.165) is 25.7 Å². The molecule has 0 bridgehead atoms. The van der Waals surface area contributed by atoms with Crippen molar-refractivity contribution >= 4 is 28.0 Å². The summed E-state index contributed by atoms with van der Waals surface area (Å²) in [6.45, 7) is 1.02. The maximum Gasteiger partial charge on any atom is 0.330 e. The van der Waals surface area contributed by atoms with E-state index in [1.807, 2.05) is 9.47 Å². The standard InChI is InChI=1S/C24H27F2N7O/c1-30-20-21(31-11-9-15(25)10-12-31)28-23(32-14-27-18-8-7-16(26)13-19(18)32)29-22(20)33(24(30)34)17-5-3-2-4-6-17/h7-8,13-15,17H,2-6,9-12H2,1H3. The van der Waals surface area contributed by atoms with Crippen LogP contribution in [-0.4, -0.2) is 47.9 Å². The lowest BCUT2D eigenvalue weighted by Crippen LogP contribution is -2.35. The van der Waals surface area contributed by atoms with E-state index < -0.39 is 6.17 Å². The van der Waals surface area contributed by atoms with Gasteiger partial charge in [-0.3, -0.25) is 13.7 Å². The zero-order valence-corrected chi connectivity index (χ0v) is 19.1. The number of halogens is 2. The normalized spacial score (nSPS) is 18.4. The smallest absolute Gasteiger partial charge is 0.330 e. The lowest BCUT2D eigenvalue weighted by atomic mass is 9.95. The van der Waals surface area contributed by atoms with Gasteiger partial charge in [0.25, 0.3) is 0 Å². The quantitative estimate of drug-likeness (QED) is 0.455. The highest BCUT2D eigenvalue weighted by Crippen LogP contribution is 2.33. The number of piperidine rings is 1. The summed E-state index contributed by atoms with van der Waals surface area (Å²) in [5, 5.41) is 0. The van der Waals surface area contributed by atoms with Crippen molar-refractivity contribution in [3.8, 4) is 5.95 Å². The number of aromatic nitrogens is 6. The topological polar surface area (TPSA) is 73.8 Å². The molecule has 0 N–H and O–H groups in total. The van der Waals surface area contributed by atoms with Gasteiger partial charge in [0.1, 0.15) is 23.8 Å². The van der Waals surface area contributed by atoms with Crippen LogP contribution in [-0.2, 0) is 7.05 Å². The molecule has 3 aromatic heterocycles. The molecule has 2 fully saturated rings. The van der Waals surface area contributed by atoms with Crippen LogP contribution in [0.15, 0.2) is 29.3 Å². The van der Waals surface area contributed by atoms with Gasteiger partial charge in [-0.1, -0.05) is 19.3 Å². The van der Waals surface area contributed by atoms with Gasteiger partial charge in [0.05, 0.1) is 11.0 Å². The molecule has 2 aliphatic rings. The van der Waals surface area contributed by atoms with Gasteiger partial charge in [0.2, 0.25) is 5.95 Å². The van der Waals surface area contributed by atoms with Crippen molar-refractivity contribution in [2.45, 2.75) is 57.2 Å². The van der Waals surface area contributed by atoms with Crippen LogP contribution in [0.5, 0.6) is 0 Å². The second kappa shape index (κ2) is 8.18. The van der Waals surface area contributed by atoms with Gasteiger partial charge in [-0.05, 0) is 37.8 Å². The predicted molar refractivity (Wildman–Crippen MR) is 126 cm³/mol. The third-order valence-corrected chi connectivity index (χ3v) is 7.28. The maximum atomic E-state index is 14.1. The molecule has 178 valence electrons. The van der Waals surface area contributed by atoms with Crippen LogP contribution in [0.4, 0.5) is 14.6 Å². The fraction of sp³-hybridized carbons (Fsp3) is 0.500. The number of benzene rings is 1. The molecule has 0 spiro atoms. The Balaban J connectivity index is 1.61. The lowest BCUT2D eigenvalue weighted by molar-refractivity contribution is 0.277. The molecular weight excluding hydrogens is 440 g/mol. The SMILES string of the molecule is Cn1c(=O)n(C2CCCCC2)c2nc(-n3cnc4ccc(F)cc43)nc(N3CCC(F)CC3)c21. The summed E-state index contributed by atoms with van der Waals surface area (Å²) in [5.74, 6) is 0.562. The molecule has 6 rings (SSSR count). The highest BCUT2D eigenvalue weighted by atomic mass is 19.1. The minimum absolute atomic E-state index is 0.0779. The summed E-state index contributed by atoms with van der Waals surface area (Å²) < 4.78 is 33.1. The number of hydrogen-bond acceptors (Lipinski definition) is 5. The number of imidazole rings is 2. The minimum atomic E-state index is -0.829. The second-order valence-electron chi connectivity index (χ2n) is 9.43. The number of nitrogens with zero attached hydrogens (tertiary/aromatic N) is 7. The Hall–Kier alpha value is -3.30. The number of aryl methyl sites for hydroxylation is 1. The first kappa shape index (κ1) is 21.2. The van der Waals surface area contributed by atoms with E-state index in [9.17, 15) is 13.6 Å². The molecule has 0 atom stereocenters. The second-order valence-corrected chi connectivity index (χ2v) is 9.43. The van der Waals surface area contributed by atoms with Crippen molar-refractivity contribution in [3.63, 3.8) is 0 Å². The summed E-state index contributed by atoms with van der Waals surface area (Å²) in [4.78, 5) is 29.6. The van der Waals surface area contributed by atoms with Crippen molar-refractivity contribution < 1.29 is 8.78 Å². The van der Waals surface area contributed by atoms with E-state index >= 15 is 0 Å². The number of rotatable bonds is 3. The van der Waals surface area contributed by atoms with Gasteiger partial charge in [0.15, 0.2) is 11.5 Å². The molecule has 34 heavy (non-hydrogen) atoms. The maximum absolute atomic E-state index is 14.1. The molecule has 0 unspecified atom stereocenters. The minimum Gasteiger partial charge on any atom is -0.354 e. The number of alkyl halides is 1. The number of fused-ring (bicyclic) bond motifs is 2. The first-order valence-corrected chi connectivity index (χ1v) is 12.0. The molecule has 0 amide bonds. The van der Waals surface area contributed by atoms with E-state index in [1.54, 1.807) is 28.6 Å². The van der Waals surface area contributed by atoms with Crippen molar-refractivity contribution in [1.29, 1.82) is 0 Å². The van der Waals surface area contributed by atoms with Gasteiger partial charge in [0, 0.05) is 32.2 Å². The molecule has 1 aliphatic heterocycles. The van der Waals surface area contributed by atoms with Gasteiger partial charge in [-0.2, -0.15) is 9.97 Å². The summed E-state index contributed by atoms with van der Waals surface area (Å²) in [7, 11) is 1.75. The molecular formula is C24H27F2N7O. The summed E-state index contributed by atoms with van der Waals surface area (Å²) >= 11 is 0. The lowest BCUT2D eigenvalue weighted by Gasteiger charge is -2.30. The summed E-state index contributed by atoms with van der Waals surface area (Å²) in [6, 6.07) is 4.47. The van der Waals surface area contributed by atoms with Gasteiger partial charge < -0.3 is 4.90 Å². The van der Waals surface area contributed by atoms with Crippen LogP contribution in [0.2, 0.25) is 0 Å². The largest absolute Gasteiger partial charge is 0.354 e. The summed E-state index contributed by atoms with van der Waals surface area (Å²) in [6.07, 6.45) is 6.77. The average molecular weight is 468 g/mol. The molecule has 8 nitrogen and oxygen atoms in total. The van der Waals surface area contributed by atoms with E-state index in [1.165, 1.54) is 18.6 Å². The highest BCUT2D eigenvalue weighted by Gasteiger charge is 2.29. The average Bonchev–Trinajstić information content (AvgIpc) is 3.38. The number of anilines is 1. The van der Waals surface area contributed by atoms with Crippen LogP contribution in [0.1, 0.15) is 51.0 Å². The first-order valence-electron chi connectivity index (χ1n) is 12.0. The third kappa shape index (κ3) is 3.38. The third-order valence-electron chi connectivity index (χ3n) is 7.28. The van der Waals surface area contributed by atoms with Crippen LogP contribution in [0.25, 0.3) is 28.1 Å². The van der Waals surface area contributed by atoms with Crippen LogP contribution in [0.3, 0.4) is 0 Å². The van der Waals surface area contributed by atoms with Crippen molar-refractivity contribution in [2.75, 3.05) is 18.0 Å². The van der Waals surface area contributed by atoms with E-state index in [4.69, 9.17) is 9.97 Å². The monoisotopic (exact) mass is 467 g/mol.